The number of ether oxygens (including phenoxy) is 2. The summed E-state index contributed by atoms with van der Waals surface area (Å²) >= 11 is 0. The van der Waals surface area contributed by atoms with E-state index in [0.29, 0.717) is 25.0 Å². The Hall–Kier alpha value is -1.26. The molecule has 30 heavy (non-hydrogen) atoms. The number of rotatable bonds is 9. The minimum atomic E-state index is 0. The molecule has 0 amide bonds. The third-order valence-electron chi connectivity index (χ3n) is 4.94. The third-order valence-corrected chi connectivity index (χ3v) is 6.10. The SMILES string of the molecule is Cc1cc(C)c(C(=O)Pc2ccc(OCC(C)C)cc2OCC(C)C)c(C)c1C.[Li+]. The Morgan fingerprint density at radius 1 is 0.867 bits per heavy atom. The second-order valence-electron chi connectivity index (χ2n) is 8.66. The van der Waals surface area contributed by atoms with Gasteiger partial charge in [-0.05, 0) is 82.5 Å². The van der Waals surface area contributed by atoms with Gasteiger partial charge in [0.25, 0.3) is 0 Å². The molecular weight excluding hydrogens is 386 g/mol. The molecule has 0 aliphatic rings. The summed E-state index contributed by atoms with van der Waals surface area (Å²) in [6, 6.07) is 7.97. The van der Waals surface area contributed by atoms with Crippen molar-refractivity contribution in [1.29, 1.82) is 0 Å². The van der Waals surface area contributed by atoms with E-state index in [0.717, 1.165) is 33.5 Å². The molecule has 2 aromatic rings. The van der Waals surface area contributed by atoms with Gasteiger partial charge in [-0.25, -0.2) is 0 Å². The van der Waals surface area contributed by atoms with E-state index in [-0.39, 0.29) is 33.0 Å². The summed E-state index contributed by atoms with van der Waals surface area (Å²) in [7, 11) is 0.0182. The number of carbonyl (C=O) groups excluding carboxylic acids is 1. The van der Waals surface area contributed by atoms with E-state index in [9.17, 15) is 4.79 Å². The number of aryl methyl sites for hydroxylation is 2. The van der Waals surface area contributed by atoms with E-state index in [4.69, 9.17) is 9.47 Å². The van der Waals surface area contributed by atoms with Crippen LogP contribution in [0.2, 0.25) is 0 Å². The van der Waals surface area contributed by atoms with Gasteiger partial charge in [-0.2, -0.15) is 0 Å². The largest absolute Gasteiger partial charge is 1.00 e. The minimum absolute atomic E-state index is 0. The van der Waals surface area contributed by atoms with E-state index in [1.165, 1.54) is 11.1 Å². The van der Waals surface area contributed by atoms with Crippen LogP contribution in [0.25, 0.3) is 0 Å². The van der Waals surface area contributed by atoms with Crippen molar-refractivity contribution in [2.45, 2.75) is 55.4 Å². The van der Waals surface area contributed by atoms with Gasteiger partial charge in [-0.1, -0.05) is 33.8 Å². The fourth-order valence-corrected chi connectivity index (χ4v) is 4.34. The van der Waals surface area contributed by atoms with Crippen LogP contribution in [0.4, 0.5) is 0 Å². The molecule has 0 spiro atoms. The van der Waals surface area contributed by atoms with Gasteiger partial charge in [-0.3, -0.25) is 4.79 Å². The molecular formula is C25H35LiO3P+. The molecule has 2 rings (SSSR count). The second-order valence-corrected chi connectivity index (χ2v) is 9.90. The first-order valence-corrected chi connectivity index (χ1v) is 11.4. The predicted molar refractivity (Wildman–Crippen MR) is 125 cm³/mol. The van der Waals surface area contributed by atoms with E-state index in [2.05, 4.69) is 47.6 Å². The van der Waals surface area contributed by atoms with Crippen molar-refractivity contribution in [2.24, 2.45) is 11.8 Å². The van der Waals surface area contributed by atoms with Crippen molar-refractivity contribution in [3.05, 3.63) is 52.1 Å². The van der Waals surface area contributed by atoms with Crippen LogP contribution in [-0.4, -0.2) is 18.7 Å². The molecule has 0 saturated heterocycles. The summed E-state index contributed by atoms with van der Waals surface area (Å²) in [5.74, 6) is 2.41. The number of carbonyl (C=O) groups is 1. The fourth-order valence-electron chi connectivity index (χ4n) is 3.15. The summed E-state index contributed by atoms with van der Waals surface area (Å²) in [6.45, 7) is 18.0. The van der Waals surface area contributed by atoms with Gasteiger partial charge in [-0.15, -0.1) is 0 Å². The van der Waals surface area contributed by atoms with Gasteiger partial charge in [0, 0.05) is 16.9 Å². The average molecular weight is 421 g/mol. The molecule has 0 bridgehead atoms. The molecule has 5 heteroatoms. The molecule has 0 N–H and O–H groups in total. The van der Waals surface area contributed by atoms with Crippen LogP contribution in [0.5, 0.6) is 11.5 Å². The summed E-state index contributed by atoms with van der Waals surface area (Å²) < 4.78 is 11.9. The van der Waals surface area contributed by atoms with E-state index < -0.39 is 0 Å². The summed E-state index contributed by atoms with van der Waals surface area (Å²) in [5, 5.41) is 0.935. The monoisotopic (exact) mass is 421 g/mol. The fraction of sp³-hybridized carbons (Fsp3) is 0.480. The van der Waals surface area contributed by atoms with Crippen molar-refractivity contribution in [2.75, 3.05) is 13.2 Å². The Morgan fingerprint density at radius 3 is 2.07 bits per heavy atom. The molecule has 0 fully saturated rings. The van der Waals surface area contributed by atoms with Crippen LogP contribution in [-0.2, 0) is 0 Å². The molecule has 3 nitrogen and oxygen atoms in total. The average Bonchev–Trinajstić information content (AvgIpc) is 2.64. The van der Waals surface area contributed by atoms with Crippen LogP contribution in [0.1, 0.15) is 60.3 Å². The zero-order chi connectivity index (χ0) is 21.7. The van der Waals surface area contributed by atoms with E-state index in [1.807, 2.05) is 32.0 Å². The Bertz CT molecular complexity index is 875. The van der Waals surface area contributed by atoms with Crippen molar-refractivity contribution >= 4 is 19.4 Å². The normalized spacial score (nSPS) is 11.3. The second kappa shape index (κ2) is 11.9. The standard InChI is InChI=1S/C25H35O3P.Li/c1-15(2)13-27-21-9-10-23(22(12-21)28-14-16(3)4)29-25(26)24-18(6)11-17(5)19(7)20(24)8;/h9-12,15-16,29H,13-14H2,1-8H3;/q;+1. The van der Waals surface area contributed by atoms with Gasteiger partial charge >= 0.3 is 18.9 Å². The number of hydrogen-bond donors (Lipinski definition) is 0. The van der Waals surface area contributed by atoms with Crippen LogP contribution >= 0.6 is 8.58 Å². The number of benzene rings is 2. The minimum Gasteiger partial charge on any atom is -0.493 e. The van der Waals surface area contributed by atoms with Gasteiger partial charge in [0.1, 0.15) is 11.5 Å². The molecule has 2 aromatic carbocycles. The quantitative estimate of drug-likeness (QED) is 0.461. The molecule has 0 heterocycles. The predicted octanol–water partition coefficient (Wildman–Crippen LogP) is 3.14. The first kappa shape index (κ1) is 26.8. The maximum absolute atomic E-state index is 13.2. The molecule has 0 radical (unpaired) electrons. The Kier molecular flexibility index (Phi) is 10.7. The Balaban J connectivity index is 0.00000450. The van der Waals surface area contributed by atoms with Crippen LogP contribution in [0.15, 0.2) is 24.3 Å². The Labute approximate surface area is 196 Å². The maximum Gasteiger partial charge on any atom is 1.00 e. The number of hydrogen-bond acceptors (Lipinski definition) is 3. The molecule has 158 valence electrons. The third kappa shape index (κ3) is 7.16. The van der Waals surface area contributed by atoms with Crippen LogP contribution in [0, 0.1) is 39.5 Å². The van der Waals surface area contributed by atoms with Crippen molar-refractivity contribution < 1.29 is 33.1 Å². The molecule has 1 atom stereocenters. The van der Waals surface area contributed by atoms with Crippen LogP contribution < -0.4 is 33.6 Å². The smallest absolute Gasteiger partial charge is 0.493 e. The van der Waals surface area contributed by atoms with E-state index in [1.54, 1.807) is 0 Å². The zero-order valence-electron chi connectivity index (χ0n) is 20.1. The maximum atomic E-state index is 13.2. The van der Waals surface area contributed by atoms with Gasteiger partial charge in [0.05, 0.1) is 13.2 Å². The van der Waals surface area contributed by atoms with Gasteiger partial charge in [0.15, 0.2) is 5.52 Å². The van der Waals surface area contributed by atoms with Gasteiger partial charge in [0.2, 0.25) is 0 Å². The zero-order valence-corrected chi connectivity index (χ0v) is 21.1. The van der Waals surface area contributed by atoms with E-state index >= 15 is 0 Å². The van der Waals surface area contributed by atoms with Crippen molar-refractivity contribution in [3.63, 3.8) is 0 Å². The molecule has 0 aliphatic carbocycles. The van der Waals surface area contributed by atoms with Crippen molar-refractivity contribution in [3.8, 4) is 11.5 Å². The topological polar surface area (TPSA) is 35.5 Å². The molecule has 0 aromatic heterocycles. The Morgan fingerprint density at radius 2 is 1.47 bits per heavy atom. The summed E-state index contributed by atoms with van der Waals surface area (Å²) in [4.78, 5) is 13.2. The van der Waals surface area contributed by atoms with Gasteiger partial charge < -0.3 is 9.47 Å². The molecule has 0 aliphatic heterocycles. The van der Waals surface area contributed by atoms with Crippen LogP contribution in [0.3, 0.4) is 0 Å². The molecule has 0 saturated carbocycles. The van der Waals surface area contributed by atoms with Crippen molar-refractivity contribution in [1.82, 2.24) is 0 Å². The summed E-state index contributed by atoms with van der Waals surface area (Å²) in [6.07, 6.45) is 0. The summed E-state index contributed by atoms with van der Waals surface area (Å²) in [5.41, 5.74) is 5.56. The first-order valence-electron chi connectivity index (χ1n) is 10.4. The molecule has 1 unspecified atom stereocenters. The first-order chi connectivity index (χ1) is 13.6.